The zero-order chi connectivity index (χ0) is 13.4. The van der Waals surface area contributed by atoms with Crippen molar-refractivity contribution in [1.82, 2.24) is 14.8 Å². The fourth-order valence-corrected chi connectivity index (χ4v) is 1.49. The van der Waals surface area contributed by atoms with Crippen molar-refractivity contribution in [2.75, 3.05) is 0 Å². The van der Waals surface area contributed by atoms with Gasteiger partial charge in [0, 0.05) is 6.54 Å². The minimum absolute atomic E-state index is 0.0833. The highest BCUT2D eigenvalue weighted by Gasteiger charge is 2.47. The number of rotatable bonds is 3. The summed E-state index contributed by atoms with van der Waals surface area (Å²) in [5.74, 6) is -5.33. The van der Waals surface area contributed by atoms with Crippen molar-refractivity contribution in [2.24, 2.45) is 5.41 Å². The molecule has 17 heavy (non-hydrogen) atoms. The van der Waals surface area contributed by atoms with E-state index in [0.717, 1.165) is 4.57 Å². The summed E-state index contributed by atoms with van der Waals surface area (Å²) in [6, 6.07) is 0. The van der Waals surface area contributed by atoms with Gasteiger partial charge in [-0.25, -0.2) is 8.78 Å². The summed E-state index contributed by atoms with van der Waals surface area (Å²) in [6.07, 6.45) is -3.81. The second-order valence-electron chi connectivity index (χ2n) is 4.92. The van der Waals surface area contributed by atoms with Crippen molar-refractivity contribution in [3.8, 4) is 0 Å². The summed E-state index contributed by atoms with van der Waals surface area (Å²) in [4.78, 5) is 0. The minimum atomic E-state index is -4.31. The van der Waals surface area contributed by atoms with Gasteiger partial charge in [-0.3, -0.25) is 9.67 Å². The van der Waals surface area contributed by atoms with E-state index in [2.05, 4.69) is 10.2 Å². The molecular formula is C9H13F4N3S. The van der Waals surface area contributed by atoms with Gasteiger partial charge in [0.2, 0.25) is 5.82 Å². The summed E-state index contributed by atoms with van der Waals surface area (Å²) in [5.41, 5.74) is -0.380. The third-order valence-electron chi connectivity index (χ3n) is 1.96. The van der Waals surface area contributed by atoms with Crippen molar-refractivity contribution >= 4 is 12.2 Å². The molecule has 1 aromatic heterocycles. The Morgan fingerprint density at radius 2 is 1.88 bits per heavy atom. The number of nitrogens with zero attached hydrogens (tertiary/aromatic N) is 2. The Labute approximate surface area is 101 Å². The van der Waals surface area contributed by atoms with Crippen LogP contribution in [0.5, 0.6) is 0 Å². The number of hydrogen-bond acceptors (Lipinski definition) is 2. The standard InChI is InChI=1S/C9H13F4N3S/c1-8(2,3)4-16-6(14-15-7(16)17)9(12,13)5(10)11/h5H,4H2,1-3H3,(H,15,17). The number of aromatic nitrogens is 3. The zero-order valence-electron chi connectivity index (χ0n) is 9.60. The van der Waals surface area contributed by atoms with Crippen LogP contribution >= 0.6 is 12.2 Å². The molecular weight excluding hydrogens is 258 g/mol. The van der Waals surface area contributed by atoms with Crippen molar-refractivity contribution in [3.05, 3.63) is 10.6 Å². The van der Waals surface area contributed by atoms with Crippen LogP contribution in [0.3, 0.4) is 0 Å². The number of H-pyrrole nitrogens is 1. The van der Waals surface area contributed by atoms with Crippen molar-refractivity contribution in [2.45, 2.75) is 39.7 Å². The number of nitrogens with one attached hydrogen (secondary N) is 1. The van der Waals surface area contributed by atoms with E-state index in [1.807, 2.05) is 0 Å². The van der Waals surface area contributed by atoms with E-state index >= 15 is 0 Å². The van der Waals surface area contributed by atoms with Crippen LogP contribution in [-0.2, 0) is 12.5 Å². The molecule has 3 nitrogen and oxygen atoms in total. The van der Waals surface area contributed by atoms with E-state index in [1.54, 1.807) is 20.8 Å². The normalized spacial score (nSPS) is 13.4. The van der Waals surface area contributed by atoms with Gasteiger partial charge in [-0.05, 0) is 17.6 Å². The Morgan fingerprint density at radius 3 is 2.29 bits per heavy atom. The van der Waals surface area contributed by atoms with Crippen LogP contribution in [0.1, 0.15) is 26.6 Å². The molecule has 0 radical (unpaired) electrons. The number of halogens is 4. The Balaban J connectivity index is 3.24. The SMILES string of the molecule is CC(C)(C)Cn1c(C(F)(F)C(F)F)n[nH]c1=S. The monoisotopic (exact) mass is 271 g/mol. The van der Waals surface area contributed by atoms with E-state index in [1.165, 1.54) is 0 Å². The second-order valence-corrected chi connectivity index (χ2v) is 5.31. The molecule has 98 valence electrons. The maximum Gasteiger partial charge on any atom is 0.365 e. The highest BCUT2D eigenvalue weighted by Crippen LogP contribution is 2.34. The van der Waals surface area contributed by atoms with Gasteiger partial charge in [-0.15, -0.1) is 0 Å². The first-order chi connectivity index (χ1) is 7.55. The lowest BCUT2D eigenvalue weighted by atomic mass is 9.97. The van der Waals surface area contributed by atoms with Crippen LogP contribution in [0.15, 0.2) is 0 Å². The average molecular weight is 271 g/mol. The van der Waals surface area contributed by atoms with Crippen LogP contribution in [0.4, 0.5) is 17.6 Å². The van der Waals surface area contributed by atoms with Crippen molar-refractivity contribution in [1.29, 1.82) is 0 Å². The number of aromatic amines is 1. The highest BCUT2D eigenvalue weighted by atomic mass is 32.1. The third-order valence-corrected chi connectivity index (χ3v) is 2.27. The van der Waals surface area contributed by atoms with E-state index < -0.39 is 18.2 Å². The summed E-state index contributed by atoms with van der Waals surface area (Å²) in [7, 11) is 0. The van der Waals surface area contributed by atoms with E-state index in [9.17, 15) is 17.6 Å². The van der Waals surface area contributed by atoms with Gasteiger partial charge in [0.05, 0.1) is 0 Å². The molecule has 1 N–H and O–H groups in total. The van der Waals surface area contributed by atoms with E-state index in [-0.39, 0.29) is 16.7 Å². The average Bonchev–Trinajstić information content (AvgIpc) is 2.45. The molecule has 0 spiro atoms. The van der Waals surface area contributed by atoms with Gasteiger partial charge in [-0.1, -0.05) is 20.8 Å². The molecule has 0 aliphatic heterocycles. The van der Waals surface area contributed by atoms with Gasteiger partial charge in [-0.2, -0.15) is 13.9 Å². The van der Waals surface area contributed by atoms with Gasteiger partial charge in [0.15, 0.2) is 4.77 Å². The summed E-state index contributed by atoms with van der Waals surface area (Å²) >= 11 is 4.76. The number of hydrogen-bond donors (Lipinski definition) is 1. The first kappa shape index (κ1) is 14.1. The summed E-state index contributed by atoms with van der Waals surface area (Å²) in [5, 5.41) is 5.33. The van der Waals surface area contributed by atoms with Gasteiger partial charge in [0.1, 0.15) is 0 Å². The molecule has 0 aliphatic carbocycles. The molecule has 0 atom stereocenters. The first-order valence-corrected chi connectivity index (χ1v) is 5.28. The first-order valence-electron chi connectivity index (χ1n) is 4.87. The van der Waals surface area contributed by atoms with Crippen LogP contribution in [0.25, 0.3) is 0 Å². The lowest BCUT2D eigenvalue weighted by Gasteiger charge is -2.22. The Bertz CT molecular complexity index is 444. The minimum Gasteiger partial charge on any atom is -0.298 e. The molecule has 0 saturated heterocycles. The topological polar surface area (TPSA) is 33.6 Å². The smallest absolute Gasteiger partial charge is 0.298 e. The molecule has 0 amide bonds. The lowest BCUT2D eigenvalue weighted by Crippen LogP contribution is -2.30. The lowest BCUT2D eigenvalue weighted by molar-refractivity contribution is -0.143. The maximum atomic E-state index is 13.2. The zero-order valence-corrected chi connectivity index (χ0v) is 10.4. The van der Waals surface area contributed by atoms with Crippen molar-refractivity contribution < 1.29 is 17.6 Å². The second kappa shape index (κ2) is 4.40. The number of alkyl halides is 4. The molecule has 0 aromatic carbocycles. The Morgan fingerprint density at radius 1 is 1.35 bits per heavy atom. The molecule has 0 unspecified atom stereocenters. The maximum absolute atomic E-state index is 13.2. The van der Waals surface area contributed by atoms with Gasteiger partial charge >= 0.3 is 12.3 Å². The summed E-state index contributed by atoms with van der Waals surface area (Å²) < 4.78 is 51.8. The predicted octanol–water partition coefficient (Wildman–Crippen LogP) is 3.34. The molecule has 1 rings (SSSR count). The van der Waals surface area contributed by atoms with Crippen LogP contribution < -0.4 is 0 Å². The molecule has 0 saturated carbocycles. The van der Waals surface area contributed by atoms with Gasteiger partial charge in [0.25, 0.3) is 0 Å². The Kier molecular flexibility index (Phi) is 3.66. The highest BCUT2D eigenvalue weighted by molar-refractivity contribution is 7.71. The van der Waals surface area contributed by atoms with E-state index in [4.69, 9.17) is 12.2 Å². The van der Waals surface area contributed by atoms with Crippen LogP contribution in [-0.4, -0.2) is 21.2 Å². The summed E-state index contributed by atoms with van der Waals surface area (Å²) in [6.45, 7) is 5.43. The largest absolute Gasteiger partial charge is 0.365 e. The van der Waals surface area contributed by atoms with E-state index in [0.29, 0.717) is 0 Å². The van der Waals surface area contributed by atoms with Crippen LogP contribution in [0.2, 0.25) is 0 Å². The third kappa shape index (κ3) is 3.05. The molecule has 0 fully saturated rings. The molecule has 1 aromatic rings. The molecule has 0 bridgehead atoms. The van der Waals surface area contributed by atoms with Crippen LogP contribution in [0, 0.1) is 10.2 Å². The Hall–Kier alpha value is -0.920. The fraction of sp³-hybridized carbons (Fsp3) is 0.778. The predicted molar refractivity (Wildman–Crippen MR) is 56.8 cm³/mol. The molecule has 8 heteroatoms. The van der Waals surface area contributed by atoms with Gasteiger partial charge < -0.3 is 0 Å². The van der Waals surface area contributed by atoms with Crippen molar-refractivity contribution in [3.63, 3.8) is 0 Å². The quantitative estimate of drug-likeness (QED) is 0.675. The molecule has 1 heterocycles. The molecule has 0 aliphatic rings. The fourth-order valence-electron chi connectivity index (χ4n) is 1.29.